The highest BCUT2D eigenvalue weighted by atomic mass is 32.2. The Morgan fingerprint density at radius 1 is 0.941 bits per heavy atom. The Hall–Kier alpha value is -4.18. The fourth-order valence-electron chi connectivity index (χ4n) is 3.64. The van der Waals surface area contributed by atoms with E-state index in [2.05, 4.69) is 0 Å². The number of sulfonamides is 1. The van der Waals surface area contributed by atoms with E-state index in [9.17, 15) is 32.6 Å². The van der Waals surface area contributed by atoms with E-state index in [-0.39, 0.29) is 39.1 Å². The minimum Gasteiger partial charge on any atom is -0.478 e. The molecule has 0 radical (unpaired) electrons. The molecule has 8 nitrogen and oxygen atoms in total. The normalized spacial score (nSPS) is 11.5. The summed E-state index contributed by atoms with van der Waals surface area (Å²) >= 11 is 0. The van der Waals surface area contributed by atoms with E-state index in [4.69, 9.17) is 4.42 Å². The van der Waals surface area contributed by atoms with E-state index in [1.165, 1.54) is 61.6 Å². The van der Waals surface area contributed by atoms with Crippen LogP contribution in [-0.2, 0) is 10.0 Å². The summed E-state index contributed by atoms with van der Waals surface area (Å²) in [4.78, 5) is 23.7. The molecule has 0 amide bonds. The summed E-state index contributed by atoms with van der Waals surface area (Å²) in [6, 6.07) is 13.8. The lowest BCUT2D eigenvalue weighted by Crippen LogP contribution is -2.25. The molecule has 0 atom stereocenters. The second-order valence-electron chi connectivity index (χ2n) is 7.60. The number of carboxylic acids is 2. The van der Waals surface area contributed by atoms with Gasteiger partial charge in [0.25, 0.3) is 0 Å². The average molecular weight is 483 g/mol. The molecule has 0 aliphatic heterocycles. The lowest BCUT2D eigenvalue weighted by atomic mass is 9.97. The molecule has 0 aliphatic carbocycles. The molecule has 0 saturated heterocycles. The summed E-state index contributed by atoms with van der Waals surface area (Å²) in [6.07, 6.45) is 1.00. The zero-order valence-corrected chi connectivity index (χ0v) is 18.8. The zero-order valence-electron chi connectivity index (χ0n) is 17.9. The average Bonchev–Trinajstić information content (AvgIpc) is 3.16. The van der Waals surface area contributed by atoms with Gasteiger partial charge in [0.05, 0.1) is 17.5 Å². The molecular formula is C24H18FNO7S. The molecule has 10 heteroatoms. The largest absolute Gasteiger partial charge is 0.478 e. The van der Waals surface area contributed by atoms with Crippen LogP contribution >= 0.6 is 0 Å². The topological polar surface area (TPSA) is 125 Å². The molecule has 2 N–H and O–H groups in total. The standard InChI is InChI=1S/C24H18FNO7S/c1-26(34(2,31)32)19-12-20-18(11-17(19)14-4-3-5-15(10-14)23(27)28)21(24(29)30)22(33-20)13-6-8-16(25)9-7-13/h3-12H,1-2H3,(H,27,28)(H,29,30). The molecule has 0 fully saturated rings. The maximum absolute atomic E-state index is 13.4. The Balaban J connectivity index is 2.08. The van der Waals surface area contributed by atoms with E-state index in [0.717, 1.165) is 10.6 Å². The predicted octanol–water partition coefficient (Wildman–Crippen LogP) is 4.70. The van der Waals surface area contributed by atoms with Crippen molar-refractivity contribution in [2.45, 2.75) is 0 Å². The minimum absolute atomic E-state index is 0.0214. The number of furan rings is 1. The lowest BCUT2D eigenvalue weighted by molar-refractivity contribution is 0.0687. The summed E-state index contributed by atoms with van der Waals surface area (Å²) in [5.41, 5.74) is 1.02. The van der Waals surface area contributed by atoms with Crippen molar-refractivity contribution in [3.8, 4) is 22.5 Å². The van der Waals surface area contributed by atoms with E-state index < -0.39 is 27.8 Å². The quantitative estimate of drug-likeness (QED) is 0.407. The fraction of sp³-hybridized carbons (Fsp3) is 0.0833. The van der Waals surface area contributed by atoms with Gasteiger partial charge in [-0.3, -0.25) is 4.31 Å². The van der Waals surface area contributed by atoms with Gasteiger partial charge in [-0.2, -0.15) is 0 Å². The first-order valence-corrected chi connectivity index (χ1v) is 11.7. The Kier molecular flexibility index (Phi) is 5.62. The van der Waals surface area contributed by atoms with Crippen LogP contribution in [0.1, 0.15) is 20.7 Å². The molecule has 3 aromatic carbocycles. The van der Waals surface area contributed by atoms with Crippen LogP contribution in [0.2, 0.25) is 0 Å². The number of fused-ring (bicyclic) bond motifs is 1. The monoisotopic (exact) mass is 483 g/mol. The SMILES string of the molecule is CN(c1cc2oc(-c3ccc(F)cc3)c(C(=O)O)c2cc1-c1cccc(C(=O)O)c1)S(C)(=O)=O. The highest BCUT2D eigenvalue weighted by Gasteiger charge is 2.26. The third-order valence-electron chi connectivity index (χ3n) is 5.38. The smallest absolute Gasteiger partial charge is 0.340 e. The molecular weight excluding hydrogens is 465 g/mol. The van der Waals surface area contributed by atoms with Gasteiger partial charge < -0.3 is 14.6 Å². The third kappa shape index (κ3) is 4.11. The van der Waals surface area contributed by atoms with Crippen molar-refractivity contribution in [1.29, 1.82) is 0 Å². The van der Waals surface area contributed by atoms with Crippen LogP contribution < -0.4 is 4.31 Å². The van der Waals surface area contributed by atoms with Crippen LogP contribution in [-0.4, -0.2) is 43.9 Å². The number of anilines is 1. The maximum atomic E-state index is 13.4. The predicted molar refractivity (Wildman–Crippen MR) is 124 cm³/mol. The molecule has 174 valence electrons. The van der Waals surface area contributed by atoms with Gasteiger partial charge in [-0.25, -0.2) is 22.4 Å². The third-order valence-corrected chi connectivity index (χ3v) is 6.58. The molecule has 1 aromatic heterocycles. The van der Waals surface area contributed by atoms with Crippen LogP contribution in [0, 0.1) is 5.82 Å². The summed E-state index contributed by atoms with van der Waals surface area (Å²) in [7, 11) is -2.42. The summed E-state index contributed by atoms with van der Waals surface area (Å²) in [5, 5.41) is 19.5. The number of nitrogens with zero attached hydrogens (tertiary/aromatic N) is 1. The second kappa shape index (κ2) is 8.31. The van der Waals surface area contributed by atoms with Gasteiger partial charge in [0.15, 0.2) is 0 Å². The molecule has 34 heavy (non-hydrogen) atoms. The minimum atomic E-state index is -3.74. The van der Waals surface area contributed by atoms with Crippen molar-refractivity contribution in [2.24, 2.45) is 0 Å². The first-order chi connectivity index (χ1) is 16.0. The van der Waals surface area contributed by atoms with Crippen LogP contribution in [0.15, 0.2) is 65.1 Å². The highest BCUT2D eigenvalue weighted by molar-refractivity contribution is 7.92. The van der Waals surface area contributed by atoms with Crippen LogP contribution in [0.3, 0.4) is 0 Å². The van der Waals surface area contributed by atoms with Gasteiger partial charge in [0.2, 0.25) is 10.0 Å². The highest BCUT2D eigenvalue weighted by Crippen LogP contribution is 2.41. The first-order valence-electron chi connectivity index (χ1n) is 9.85. The molecule has 4 rings (SSSR count). The number of halogens is 1. The van der Waals surface area contributed by atoms with Gasteiger partial charge in [0, 0.05) is 29.6 Å². The van der Waals surface area contributed by atoms with Crippen LogP contribution in [0.5, 0.6) is 0 Å². The maximum Gasteiger partial charge on any atom is 0.340 e. The zero-order chi connectivity index (χ0) is 24.8. The van der Waals surface area contributed by atoms with Gasteiger partial charge in [0.1, 0.15) is 22.7 Å². The van der Waals surface area contributed by atoms with E-state index in [0.29, 0.717) is 11.1 Å². The number of carboxylic acid groups (broad SMARTS) is 2. The van der Waals surface area contributed by atoms with E-state index >= 15 is 0 Å². The number of benzene rings is 3. The van der Waals surface area contributed by atoms with Crippen molar-refractivity contribution in [3.05, 3.63) is 77.6 Å². The molecule has 0 bridgehead atoms. The molecule has 0 spiro atoms. The van der Waals surface area contributed by atoms with Crippen molar-refractivity contribution in [1.82, 2.24) is 0 Å². The number of carbonyl (C=O) groups is 2. The molecule has 0 saturated carbocycles. The number of hydrogen-bond acceptors (Lipinski definition) is 5. The van der Waals surface area contributed by atoms with Crippen molar-refractivity contribution in [2.75, 3.05) is 17.6 Å². The first kappa shape index (κ1) is 23.0. The molecule has 1 heterocycles. The van der Waals surface area contributed by atoms with Crippen LogP contribution in [0.4, 0.5) is 10.1 Å². The van der Waals surface area contributed by atoms with Gasteiger partial charge in [-0.05, 0) is 48.0 Å². The van der Waals surface area contributed by atoms with Crippen LogP contribution in [0.25, 0.3) is 33.4 Å². The van der Waals surface area contributed by atoms with E-state index in [1.807, 2.05) is 0 Å². The van der Waals surface area contributed by atoms with Gasteiger partial charge in [-0.15, -0.1) is 0 Å². The summed E-state index contributed by atoms with van der Waals surface area (Å²) in [5.74, 6) is -3.00. The summed E-state index contributed by atoms with van der Waals surface area (Å²) < 4.78 is 44.9. The van der Waals surface area contributed by atoms with E-state index in [1.54, 1.807) is 6.07 Å². The fourth-order valence-corrected chi connectivity index (χ4v) is 4.15. The summed E-state index contributed by atoms with van der Waals surface area (Å²) in [6.45, 7) is 0. The Labute approximate surface area is 193 Å². The Morgan fingerprint density at radius 3 is 2.21 bits per heavy atom. The molecule has 0 unspecified atom stereocenters. The lowest BCUT2D eigenvalue weighted by Gasteiger charge is -2.20. The number of hydrogen-bond donors (Lipinski definition) is 2. The van der Waals surface area contributed by atoms with Gasteiger partial charge in [-0.1, -0.05) is 12.1 Å². The number of aromatic carboxylic acids is 2. The van der Waals surface area contributed by atoms with Gasteiger partial charge >= 0.3 is 11.9 Å². The van der Waals surface area contributed by atoms with Crippen molar-refractivity contribution >= 4 is 38.6 Å². The molecule has 4 aromatic rings. The second-order valence-corrected chi connectivity index (χ2v) is 9.61. The molecule has 0 aliphatic rings. The Morgan fingerprint density at radius 2 is 1.62 bits per heavy atom. The number of rotatable bonds is 6. The van der Waals surface area contributed by atoms with Crippen molar-refractivity contribution < 1.29 is 37.0 Å². The Bertz CT molecular complexity index is 1560. The van der Waals surface area contributed by atoms with Crippen molar-refractivity contribution in [3.63, 3.8) is 0 Å².